The zero-order valence-electron chi connectivity index (χ0n) is 10.4. The number of nitrogens with two attached hydrogens (primary N) is 2. The fraction of sp³-hybridized carbons (Fsp3) is 0.0667. The predicted octanol–water partition coefficient (Wildman–Crippen LogP) is 4.80. The Bertz CT molecular complexity index is 777. The Kier molecular flexibility index (Phi) is 2.99. The van der Waals surface area contributed by atoms with Gasteiger partial charge in [0, 0.05) is 14.6 Å². The van der Waals surface area contributed by atoms with Gasteiger partial charge in [-0.1, -0.05) is 34.1 Å². The van der Waals surface area contributed by atoms with Crippen LogP contribution in [0, 0.1) is 6.92 Å². The van der Waals surface area contributed by atoms with Crippen LogP contribution >= 0.6 is 27.3 Å². The molecule has 19 heavy (non-hydrogen) atoms. The molecule has 0 radical (unpaired) electrons. The second kappa shape index (κ2) is 4.54. The standard InChI is InChI=1S/C15H13BrN2S/c1-8-7-9(16)5-6-10(8)11-3-2-4-12-13(11)14(17)15(18)19-12/h2-7H,17-18H2,1H3. The molecule has 0 atom stereocenters. The van der Waals surface area contributed by atoms with Crippen LogP contribution in [-0.4, -0.2) is 0 Å². The molecule has 0 saturated carbocycles. The van der Waals surface area contributed by atoms with Gasteiger partial charge in [0.1, 0.15) is 5.00 Å². The summed E-state index contributed by atoms with van der Waals surface area (Å²) in [7, 11) is 0. The molecule has 0 spiro atoms. The van der Waals surface area contributed by atoms with E-state index in [1.54, 1.807) is 11.3 Å². The molecule has 0 aliphatic heterocycles. The Balaban J connectivity index is 2.36. The van der Waals surface area contributed by atoms with Gasteiger partial charge in [0.05, 0.1) is 5.69 Å². The third-order valence-electron chi connectivity index (χ3n) is 3.26. The van der Waals surface area contributed by atoms with Crippen molar-refractivity contribution in [1.29, 1.82) is 0 Å². The van der Waals surface area contributed by atoms with Crippen LogP contribution in [0.15, 0.2) is 40.9 Å². The molecule has 0 aliphatic rings. The Labute approximate surface area is 124 Å². The first-order chi connectivity index (χ1) is 9.08. The summed E-state index contributed by atoms with van der Waals surface area (Å²) < 4.78 is 2.22. The molecule has 96 valence electrons. The molecule has 1 heterocycles. The van der Waals surface area contributed by atoms with Gasteiger partial charge < -0.3 is 11.5 Å². The number of nitrogen functional groups attached to an aromatic ring is 2. The number of halogens is 1. The van der Waals surface area contributed by atoms with Crippen LogP contribution in [0.5, 0.6) is 0 Å². The van der Waals surface area contributed by atoms with Crippen molar-refractivity contribution < 1.29 is 0 Å². The zero-order chi connectivity index (χ0) is 13.6. The van der Waals surface area contributed by atoms with Crippen LogP contribution in [0.2, 0.25) is 0 Å². The molecule has 0 aliphatic carbocycles. The lowest BCUT2D eigenvalue weighted by atomic mass is 9.97. The number of aryl methyl sites for hydroxylation is 1. The van der Waals surface area contributed by atoms with E-state index >= 15 is 0 Å². The van der Waals surface area contributed by atoms with Gasteiger partial charge in [-0.15, -0.1) is 11.3 Å². The van der Waals surface area contributed by atoms with E-state index in [-0.39, 0.29) is 0 Å². The summed E-state index contributed by atoms with van der Waals surface area (Å²) in [5.74, 6) is 0. The number of hydrogen-bond acceptors (Lipinski definition) is 3. The van der Waals surface area contributed by atoms with Gasteiger partial charge in [-0.2, -0.15) is 0 Å². The summed E-state index contributed by atoms with van der Waals surface area (Å²) in [6, 6.07) is 12.5. The molecule has 0 amide bonds. The number of anilines is 2. The second-order valence-electron chi connectivity index (χ2n) is 4.52. The van der Waals surface area contributed by atoms with Crippen molar-refractivity contribution in [3.05, 3.63) is 46.4 Å². The first-order valence-corrected chi connectivity index (χ1v) is 7.52. The van der Waals surface area contributed by atoms with E-state index in [2.05, 4.69) is 53.2 Å². The molecule has 2 aromatic carbocycles. The van der Waals surface area contributed by atoms with Gasteiger partial charge >= 0.3 is 0 Å². The summed E-state index contributed by atoms with van der Waals surface area (Å²) in [5, 5.41) is 1.76. The smallest absolute Gasteiger partial charge is 0.110 e. The Morgan fingerprint density at radius 1 is 1.05 bits per heavy atom. The van der Waals surface area contributed by atoms with Gasteiger partial charge in [0.15, 0.2) is 0 Å². The minimum atomic E-state index is 0.692. The average Bonchev–Trinajstić information content (AvgIpc) is 2.65. The Morgan fingerprint density at radius 2 is 1.84 bits per heavy atom. The van der Waals surface area contributed by atoms with Crippen molar-refractivity contribution in [2.75, 3.05) is 11.5 Å². The summed E-state index contributed by atoms with van der Waals surface area (Å²) >= 11 is 5.03. The minimum Gasteiger partial charge on any atom is -0.396 e. The number of thiophene rings is 1. The normalized spacial score (nSPS) is 11.1. The highest BCUT2D eigenvalue weighted by molar-refractivity contribution is 9.10. The van der Waals surface area contributed by atoms with E-state index in [4.69, 9.17) is 11.5 Å². The summed E-state index contributed by atoms with van der Waals surface area (Å²) in [6.07, 6.45) is 0. The Hall–Kier alpha value is -1.52. The predicted molar refractivity (Wildman–Crippen MR) is 88.5 cm³/mol. The lowest BCUT2D eigenvalue weighted by molar-refractivity contribution is 1.45. The van der Waals surface area contributed by atoms with Crippen molar-refractivity contribution in [2.24, 2.45) is 0 Å². The van der Waals surface area contributed by atoms with Gasteiger partial charge in [-0.25, -0.2) is 0 Å². The second-order valence-corrected chi connectivity index (χ2v) is 6.52. The monoisotopic (exact) mass is 332 g/mol. The van der Waals surface area contributed by atoms with E-state index in [1.807, 2.05) is 6.07 Å². The fourth-order valence-electron chi connectivity index (χ4n) is 2.34. The quantitative estimate of drug-likeness (QED) is 0.672. The van der Waals surface area contributed by atoms with Gasteiger partial charge in [0.25, 0.3) is 0 Å². The molecular weight excluding hydrogens is 320 g/mol. The SMILES string of the molecule is Cc1cc(Br)ccc1-c1cccc2sc(N)c(N)c12. The van der Waals surface area contributed by atoms with Crippen LogP contribution in [0.4, 0.5) is 10.7 Å². The van der Waals surface area contributed by atoms with E-state index in [0.29, 0.717) is 10.7 Å². The highest BCUT2D eigenvalue weighted by Crippen LogP contribution is 2.42. The maximum atomic E-state index is 6.13. The molecule has 3 rings (SSSR count). The molecule has 0 fully saturated rings. The van der Waals surface area contributed by atoms with Crippen LogP contribution in [0.1, 0.15) is 5.56 Å². The number of hydrogen-bond donors (Lipinski definition) is 2. The first-order valence-electron chi connectivity index (χ1n) is 5.91. The number of fused-ring (bicyclic) bond motifs is 1. The fourth-order valence-corrected chi connectivity index (χ4v) is 3.74. The van der Waals surface area contributed by atoms with Crippen molar-refractivity contribution in [2.45, 2.75) is 6.92 Å². The summed E-state index contributed by atoms with van der Waals surface area (Å²) in [5.41, 5.74) is 16.3. The lowest BCUT2D eigenvalue weighted by Crippen LogP contribution is -1.91. The lowest BCUT2D eigenvalue weighted by Gasteiger charge is -2.09. The van der Waals surface area contributed by atoms with Crippen molar-refractivity contribution in [3.63, 3.8) is 0 Å². The molecule has 0 saturated heterocycles. The highest BCUT2D eigenvalue weighted by atomic mass is 79.9. The maximum absolute atomic E-state index is 6.13. The van der Waals surface area contributed by atoms with Crippen LogP contribution in [0.3, 0.4) is 0 Å². The third-order valence-corrected chi connectivity index (χ3v) is 4.75. The molecule has 4 heteroatoms. The molecule has 2 nitrogen and oxygen atoms in total. The largest absolute Gasteiger partial charge is 0.396 e. The van der Waals surface area contributed by atoms with Crippen molar-refractivity contribution in [1.82, 2.24) is 0 Å². The molecule has 1 aromatic heterocycles. The molecule has 4 N–H and O–H groups in total. The van der Waals surface area contributed by atoms with Crippen molar-refractivity contribution in [3.8, 4) is 11.1 Å². The van der Waals surface area contributed by atoms with Gasteiger partial charge in [-0.05, 0) is 41.8 Å². The van der Waals surface area contributed by atoms with E-state index in [9.17, 15) is 0 Å². The van der Waals surface area contributed by atoms with Crippen LogP contribution in [-0.2, 0) is 0 Å². The van der Waals surface area contributed by atoms with E-state index < -0.39 is 0 Å². The average molecular weight is 333 g/mol. The zero-order valence-corrected chi connectivity index (χ0v) is 12.8. The van der Waals surface area contributed by atoms with Crippen LogP contribution < -0.4 is 11.5 Å². The summed E-state index contributed by atoms with van der Waals surface area (Å²) in [4.78, 5) is 0. The topological polar surface area (TPSA) is 52.0 Å². The first kappa shape index (κ1) is 12.5. The van der Waals surface area contributed by atoms with Gasteiger partial charge in [-0.3, -0.25) is 0 Å². The number of benzene rings is 2. The highest BCUT2D eigenvalue weighted by Gasteiger charge is 2.13. The minimum absolute atomic E-state index is 0.692. The van der Waals surface area contributed by atoms with Crippen LogP contribution in [0.25, 0.3) is 21.2 Å². The van der Waals surface area contributed by atoms with E-state index in [1.165, 1.54) is 11.1 Å². The molecular formula is C15H13BrN2S. The van der Waals surface area contributed by atoms with E-state index in [0.717, 1.165) is 20.1 Å². The molecule has 3 aromatic rings. The Morgan fingerprint density at radius 3 is 2.58 bits per heavy atom. The maximum Gasteiger partial charge on any atom is 0.110 e. The summed E-state index contributed by atoms with van der Waals surface area (Å²) in [6.45, 7) is 2.10. The molecule has 0 unspecified atom stereocenters. The number of rotatable bonds is 1. The van der Waals surface area contributed by atoms with Crippen molar-refractivity contribution >= 4 is 48.0 Å². The van der Waals surface area contributed by atoms with Gasteiger partial charge in [0.2, 0.25) is 0 Å². The molecule has 0 bridgehead atoms. The third kappa shape index (κ3) is 2.01.